The summed E-state index contributed by atoms with van der Waals surface area (Å²) in [5.74, 6) is 0.261. The summed E-state index contributed by atoms with van der Waals surface area (Å²) in [5.41, 5.74) is -0.0498. The van der Waals surface area contributed by atoms with E-state index in [9.17, 15) is 4.79 Å². The number of hydrogen-bond donors (Lipinski definition) is 1. The van der Waals surface area contributed by atoms with E-state index in [0.29, 0.717) is 0 Å². The van der Waals surface area contributed by atoms with Gasteiger partial charge in [0.05, 0.1) is 0 Å². The first kappa shape index (κ1) is 10.3. The Bertz CT molecular complexity index is 164. The quantitative estimate of drug-likeness (QED) is 0.623. The Morgan fingerprint density at radius 2 is 2.08 bits per heavy atom. The first-order valence-electron chi connectivity index (χ1n) is 4.53. The van der Waals surface area contributed by atoms with Crippen molar-refractivity contribution in [3.63, 3.8) is 0 Å². The smallest absolute Gasteiger partial charge is 0.225 e. The van der Waals surface area contributed by atoms with Gasteiger partial charge in [-0.25, -0.2) is 0 Å². The molecule has 1 N–H and O–H groups in total. The van der Waals surface area contributed by atoms with Crippen LogP contribution >= 0.6 is 22.6 Å². The number of rotatable bonds is 3. The zero-order chi connectivity index (χ0) is 9.03. The van der Waals surface area contributed by atoms with Crippen LogP contribution in [0, 0.1) is 5.41 Å². The van der Waals surface area contributed by atoms with Gasteiger partial charge in [0.25, 0.3) is 0 Å². The zero-order valence-corrected chi connectivity index (χ0v) is 9.69. The van der Waals surface area contributed by atoms with Crippen LogP contribution in [0.15, 0.2) is 0 Å². The molecular weight excluding hydrogens is 265 g/mol. The molecule has 0 heterocycles. The number of amides is 1. The van der Waals surface area contributed by atoms with Crippen LogP contribution in [0.3, 0.4) is 0 Å². The fourth-order valence-electron chi connectivity index (χ4n) is 1.76. The topological polar surface area (TPSA) is 29.1 Å². The van der Waals surface area contributed by atoms with Crippen LogP contribution in [0.5, 0.6) is 0 Å². The van der Waals surface area contributed by atoms with Gasteiger partial charge < -0.3 is 5.32 Å². The van der Waals surface area contributed by atoms with Crippen LogP contribution in [-0.2, 0) is 4.79 Å². The van der Waals surface area contributed by atoms with E-state index in [2.05, 4.69) is 34.8 Å². The van der Waals surface area contributed by atoms with Crippen LogP contribution in [0.2, 0.25) is 0 Å². The third kappa shape index (κ3) is 2.34. The molecule has 0 saturated heterocycles. The maximum Gasteiger partial charge on any atom is 0.225 e. The van der Waals surface area contributed by atoms with E-state index in [4.69, 9.17) is 0 Å². The Labute approximate surface area is 87.6 Å². The summed E-state index contributed by atoms with van der Waals surface area (Å²) < 4.78 is 1.000. The first-order valence-corrected chi connectivity index (χ1v) is 6.06. The number of alkyl halides is 1. The third-order valence-corrected chi connectivity index (χ3v) is 3.17. The highest BCUT2D eigenvalue weighted by Crippen LogP contribution is 2.37. The van der Waals surface area contributed by atoms with Gasteiger partial charge in [-0.05, 0) is 12.8 Å². The summed E-state index contributed by atoms with van der Waals surface area (Å²) in [6.45, 7) is 2.90. The van der Waals surface area contributed by atoms with Crippen LogP contribution < -0.4 is 5.32 Å². The molecule has 0 spiro atoms. The fraction of sp³-hybridized carbons (Fsp3) is 0.889. The average molecular weight is 281 g/mol. The van der Waals surface area contributed by atoms with Crippen LogP contribution in [0.4, 0.5) is 0 Å². The zero-order valence-electron chi connectivity index (χ0n) is 7.53. The second-order valence-corrected chi connectivity index (χ2v) is 4.79. The summed E-state index contributed by atoms with van der Waals surface area (Å²) in [4.78, 5) is 11.6. The Hall–Kier alpha value is 0.200. The van der Waals surface area contributed by atoms with Gasteiger partial charge in [0, 0.05) is 16.4 Å². The van der Waals surface area contributed by atoms with Crippen molar-refractivity contribution in [2.24, 2.45) is 5.41 Å². The predicted molar refractivity (Wildman–Crippen MR) is 58.5 cm³/mol. The molecule has 0 unspecified atom stereocenters. The lowest BCUT2D eigenvalue weighted by Gasteiger charge is -2.21. The monoisotopic (exact) mass is 281 g/mol. The second kappa shape index (κ2) is 4.44. The normalized spacial score (nSPS) is 20.8. The minimum atomic E-state index is -0.0498. The van der Waals surface area contributed by atoms with Crippen molar-refractivity contribution in [3.05, 3.63) is 0 Å². The van der Waals surface area contributed by atoms with E-state index in [1.54, 1.807) is 0 Å². The van der Waals surface area contributed by atoms with Gasteiger partial charge in [-0.1, -0.05) is 42.4 Å². The summed E-state index contributed by atoms with van der Waals surface area (Å²) in [7, 11) is 0. The maximum atomic E-state index is 11.6. The number of carbonyl (C=O) groups excluding carboxylic acids is 1. The van der Waals surface area contributed by atoms with Gasteiger partial charge in [-0.15, -0.1) is 0 Å². The Morgan fingerprint density at radius 3 is 2.58 bits per heavy atom. The first-order chi connectivity index (χ1) is 5.69. The largest absolute Gasteiger partial charge is 0.355 e. The summed E-state index contributed by atoms with van der Waals surface area (Å²) in [6.07, 6.45) is 4.57. The molecule has 1 aliphatic carbocycles. The van der Waals surface area contributed by atoms with Crippen LogP contribution in [0.25, 0.3) is 0 Å². The van der Waals surface area contributed by atoms with Crippen molar-refractivity contribution >= 4 is 28.5 Å². The molecule has 1 amide bonds. The van der Waals surface area contributed by atoms with Gasteiger partial charge in [-0.2, -0.15) is 0 Å². The van der Waals surface area contributed by atoms with E-state index in [-0.39, 0.29) is 11.3 Å². The Morgan fingerprint density at radius 1 is 1.50 bits per heavy atom. The number of carbonyl (C=O) groups is 1. The van der Waals surface area contributed by atoms with Crippen molar-refractivity contribution in [3.8, 4) is 0 Å². The molecular formula is C9H16INO. The van der Waals surface area contributed by atoms with Crippen LogP contribution in [-0.4, -0.2) is 16.9 Å². The molecule has 0 radical (unpaired) electrons. The van der Waals surface area contributed by atoms with E-state index >= 15 is 0 Å². The van der Waals surface area contributed by atoms with Crippen molar-refractivity contribution in [2.75, 3.05) is 11.0 Å². The molecule has 12 heavy (non-hydrogen) atoms. The molecule has 1 rings (SSSR count). The molecule has 0 atom stereocenters. The maximum absolute atomic E-state index is 11.6. The Kier molecular flexibility index (Phi) is 3.80. The van der Waals surface area contributed by atoms with Crippen LogP contribution in [0.1, 0.15) is 32.6 Å². The molecule has 70 valence electrons. The minimum absolute atomic E-state index is 0.0498. The minimum Gasteiger partial charge on any atom is -0.355 e. The summed E-state index contributed by atoms with van der Waals surface area (Å²) >= 11 is 2.27. The molecule has 0 aliphatic heterocycles. The Balaban J connectivity index is 2.39. The van der Waals surface area contributed by atoms with Crippen molar-refractivity contribution < 1.29 is 4.79 Å². The molecule has 0 aromatic carbocycles. The van der Waals surface area contributed by atoms with Gasteiger partial charge in [0.1, 0.15) is 0 Å². The van der Waals surface area contributed by atoms with Gasteiger partial charge in [0.15, 0.2) is 0 Å². The molecule has 1 saturated carbocycles. The molecule has 0 aromatic heterocycles. The van der Waals surface area contributed by atoms with Crippen molar-refractivity contribution in [2.45, 2.75) is 32.6 Å². The molecule has 2 nitrogen and oxygen atoms in total. The molecule has 3 heteroatoms. The molecule has 0 aromatic rings. The highest BCUT2D eigenvalue weighted by Gasteiger charge is 2.35. The lowest BCUT2D eigenvalue weighted by Crippen LogP contribution is -2.37. The number of halogens is 1. The highest BCUT2D eigenvalue weighted by atomic mass is 127. The van der Waals surface area contributed by atoms with Gasteiger partial charge in [0.2, 0.25) is 5.91 Å². The lowest BCUT2D eigenvalue weighted by atomic mass is 9.88. The second-order valence-electron chi connectivity index (χ2n) is 3.71. The van der Waals surface area contributed by atoms with E-state index in [0.717, 1.165) is 23.8 Å². The molecule has 1 aliphatic rings. The van der Waals surface area contributed by atoms with E-state index in [1.165, 1.54) is 12.8 Å². The third-order valence-electron chi connectivity index (χ3n) is 2.64. The van der Waals surface area contributed by atoms with Crippen molar-refractivity contribution in [1.82, 2.24) is 5.32 Å². The highest BCUT2D eigenvalue weighted by molar-refractivity contribution is 14.1. The van der Waals surface area contributed by atoms with Crippen molar-refractivity contribution in [1.29, 1.82) is 0 Å². The average Bonchev–Trinajstić information content (AvgIpc) is 2.49. The number of hydrogen-bond acceptors (Lipinski definition) is 1. The number of nitrogens with one attached hydrogen (secondary N) is 1. The molecule has 0 bridgehead atoms. The summed E-state index contributed by atoms with van der Waals surface area (Å²) in [6, 6.07) is 0. The fourth-order valence-corrected chi connectivity index (χ4v) is 2.03. The van der Waals surface area contributed by atoms with E-state index < -0.39 is 0 Å². The van der Waals surface area contributed by atoms with Gasteiger partial charge >= 0.3 is 0 Å². The summed E-state index contributed by atoms with van der Waals surface area (Å²) in [5, 5.41) is 2.97. The van der Waals surface area contributed by atoms with Gasteiger partial charge in [-0.3, -0.25) is 4.79 Å². The van der Waals surface area contributed by atoms with E-state index in [1.807, 2.05) is 0 Å². The lowest BCUT2D eigenvalue weighted by molar-refractivity contribution is -0.129. The predicted octanol–water partition coefficient (Wildman–Crippen LogP) is 2.12. The standard InChI is InChI=1S/C9H16INO/c1-9(4-2-3-5-9)8(12)11-7-6-10/h2-7H2,1H3,(H,11,12). The molecule has 1 fully saturated rings. The SMILES string of the molecule is CC1(C(=O)NCCI)CCCC1.